The Kier molecular flexibility index (Phi) is 7.68. The minimum absolute atomic E-state index is 0.0307. The van der Waals surface area contributed by atoms with E-state index in [9.17, 15) is 24.2 Å². The molecule has 3 aromatic carbocycles. The first-order valence-electron chi connectivity index (χ1n) is 11.9. The summed E-state index contributed by atoms with van der Waals surface area (Å²) in [6.07, 6.45) is 0.986. The number of hydrogen-bond acceptors (Lipinski definition) is 5. The van der Waals surface area contributed by atoms with Crippen LogP contribution in [-0.2, 0) is 22.4 Å². The lowest BCUT2D eigenvalue weighted by atomic mass is 9.93. The maximum absolute atomic E-state index is 13.4. The number of ketones is 1. The topological polar surface area (TPSA) is 87.1 Å². The summed E-state index contributed by atoms with van der Waals surface area (Å²) >= 11 is 0. The number of Topliss-reactive ketones (excluding diaryl/α,β-unsaturated/α-hetero) is 1. The van der Waals surface area contributed by atoms with Gasteiger partial charge in [-0.3, -0.25) is 9.59 Å². The normalized spacial score (nSPS) is 15.4. The van der Waals surface area contributed by atoms with Crippen LogP contribution in [0.5, 0.6) is 11.5 Å². The van der Waals surface area contributed by atoms with Gasteiger partial charge < -0.3 is 19.8 Å². The van der Waals surface area contributed by atoms with Gasteiger partial charge >= 0.3 is 0 Å². The average molecular weight is 490 g/mol. The molecule has 7 heteroatoms. The summed E-state index contributed by atoms with van der Waals surface area (Å²) in [5, 5.41) is 21.0. The summed E-state index contributed by atoms with van der Waals surface area (Å²) in [6.45, 7) is 2.29. The number of ether oxygens (including phenoxy) is 1. The van der Waals surface area contributed by atoms with E-state index in [2.05, 4.69) is 0 Å². The van der Waals surface area contributed by atoms with Gasteiger partial charge in [-0.15, -0.1) is 0 Å². The van der Waals surface area contributed by atoms with Gasteiger partial charge in [-0.05, 0) is 60.7 Å². The van der Waals surface area contributed by atoms with Crippen molar-refractivity contribution in [3.05, 3.63) is 107 Å². The molecule has 1 unspecified atom stereocenters. The Bertz CT molecular complexity index is 1270. The second-order valence-corrected chi connectivity index (χ2v) is 8.61. The minimum atomic E-state index is -0.846. The molecule has 0 aromatic heterocycles. The molecule has 1 aliphatic rings. The molecular formula is C29H28FNO5. The molecule has 1 atom stereocenters. The number of carbonyl (C=O) groups excluding carboxylic acids is 2. The van der Waals surface area contributed by atoms with Gasteiger partial charge in [0.15, 0.2) is 23.0 Å². The van der Waals surface area contributed by atoms with Crippen molar-refractivity contribution in [1.29, 1.82) is 0 Å². The first kappa shape index (κ1) is 25.0. The molecule has 0 spiro atoms. The van der Waals surface area contributed by atoms with Gasteiger partial charge in [0, 0.05) is 13.0 Å². The predicted molar refractivity (Wildman–Crippen MR) is 133 cm³/mol. The number of aliphatic hydroxyl groups excluding tert-OH is 1. The molecule has 0 aliphatic carbocycles. The van der Waals surface area contributed by atoms with Crippen molar-refractivity contribution in [2.24, 2.45) is 0 Å². The molecule has 4 rings (SSSR count). The van der Waals surface area contributed by atoms with E-state index in [-0.39, 0.29) is 41.6 Å². The van der Waals surface area contributed by atoms with Gasteiger partial charge in [0.05, 0.1) is 18.2 Å². The summed E-state index contributed by atoms with van der Waals surface area (Å²) < 4.78 is 18.8. The summed E-state index contributed by atoms with van der Waals surface area (Å²) in [5.41, 5.74) is 2.36. The molecule has 0 fully saturated rings. The van der Waals surface area contributed by atoms with Crippen LogP contribution in [0.4, 0.5) is 4.39 Å². The highest BCUT2D eigenvalue weighted by molar-refractivity contribution is 6.09. The molecule has 0 saturated heterocycles. The molecular weight excluding hydrogens is 461 g/mol. The molecule has 6 nitrogen and oxygen atoms in total. The average Bonchev–Trinajstić information content (AvgIpc) is 3.14. The molecule has 0 radical (unpaired) electrons. The number of carbonyl (C=O) groups is 2. The van der Waals surface area contributed by atoms with Crippen LogP contribution in [0, 0.1) is 5.82 Å². The summed E-state index contributed by atoms with van der Waals surface area (Å²) in [4.78, 5) is 28.0. The highest BCUT2D eigenvalue weighted by atomic mass is 19.1. The number of halogens is 1. The second kappa shape index (κ2) is 11.1. The van der Waals surface area contributed by atoms with Crippen LogP contribution in [-0.4, -0.2) is 40.0 Å². The van der Waals surface area contributed by atoms with E-state index in [1.54, 1.807) is 31.2 Å². The van der Waals surface area contributed by atoms with Crippen LogP contribution in [0.2, 0.25) is 0 Å². The molecule has 1 aliphatic heterocycles. The molecule has 0 bridgehead atoms. The fourth-order valence-corrected chi connectivity index (χ4v) is 4.43. The van der Waals surface area contributed by atoms with E-state index in [0.717, 1.165) is 11.1 Å². The number of benzene rings is 3. The first-order valence-corrected chi connectivity index (χ1v) is 11.9. The maximum atomic E-state index is 13.4. The van der Waals surface area contributed by atoms with Gasteiger partial charge in [-0.1, -0.05) is 48.5 Å². The van der Waals surface area contributed by atoms with E-state index < -0.39 is 17.7 Å². The van der Waals surface area contributed by atoms with Gasteiger partial charge in [-0.25, -0.2) is 4.39 Å². The third-order valence-electron chi connectivity index (χ3n) is 6.24. The van der Waals surface area contributed by atoms with Gasteiger partial charge in [-0.2, -0.15) is 0 Å². The van der Waals surface area contributed by atoms with Crippen molar-refractivity contribution >= 4 is 11.7 Å². The highest BCUT2D eigenvalue weighted by Crippen LogP contribution is 2.41. The summed E-state index contributed by atoms with van der Waals surface area (Å²) in [6, 6.07) is 19.3. The van der Waals surface area contributed by atoms with Crippen molar-refractivity contribution < 1.29 is 28.9 Å². The maximum Gasteiger partial charge on any atom is 0.290 e. The summed E-state index contributed by atoms with van der Waals surface area (Å²) in [7, 11) is 0. The lowest BCUT2D eigenvalue weighted by Gasteiger charge is -2.27. The van der Waals surface area contributed by atoms with Crippen LogP contribution in [0.3, 0.4) is 0 Å². The highest BCUT2D eigenvalue weighted by Gasteiger charge is 2.43. The van der Waals surface area contributed by atoms with Gasteiger partial charge in [0.2, 0.25) is 0 Å². The van der Waals surface area contributed by atoms with E-state index in [0.29, 0.717) is 25.0 Å². The zero-order valence-electron chi connectivity index (χ0n) is 20.0. The van der Waals surface area contributed by atoms with Crippen molar-refractivity contribution in [1.82, 2.24) is 4.90 Å². The number of phenols is 1. The second-order valence-electron chi connectivity index (χ2n) is 8.61. The van der Waals surface area contributed by atoms with Crippen LogP contribution >= 0.6 is 0 Å². The Hall–Kier alpha value is -4.13. The van der Waals surface area contributed by atoms with Crippen LogP contribution in [0.1, 0.15) is 36.1 Å². The molecule has 1 heterocycles. The Morgan fingerprint density at radius 1 is 0.972 bits per heavy atom. The Balaban J connectivity index is 1.65. The third-order valence-corrected chi connectivity index (χ3v) is 6.24. The fraction of sp³-hybridized carbons (Fsp3) is 0.241. The van der Waals surface area contributed by atoms with Crippen molar-refractivity contribution in [2.45, 2.75) is 32.2 Å². The molecule has 3 aromatic rings. The Morgan fingerprint density at radius 2 is 1.67 bits per heavy atom. The van der Waals surface area contributed by atoms with Crippen LogP contribution in [0.15, 0.2) is 84.1 Å². The molecule has 1 amide bonds. The zero-order valence-corrected chi connectivity index (χ0v) is 20.0. The van der Waals surface area contributed by atoms with Crippen molar-refractivity contribution in [3.63, 3.8) is 0 Å². The van der Waals surface area contributed by atoms with Crippen LogP contribution < -0.4 is 4.74 Å². The van der Waals surface area contributed by atoms with E-state index in [4.69, 9.17) is 4.74 Å². The standard InChI is InChI=1S/C29H28FNO5/c1-2-36-25-18-21(11-15-23(25)32)27-26(24(33)14-10-19-6-4-3-5-7-19)28(34)29(35)31(27)17-16-20-8-12-22(30)13-9-20/h3-9,11-13,15,18,27,32,34H,2,10,14,16-17H2,1H3. The third kappa shape index (κ3) is 5.40. The van der Waals surface area contributed by atoms with E-state index >= 15 is 0 Å². The molecule has 186 valence electrons. The Labute approximate surface area is 209 Å². The fourth-order valence-electron chi connectivity index (χ4n) is 4.43. The van der Waals surface area contributed by atoms with Crippen molar-refractivity contribution in [3.8, 4) is 11.5 Å². The number of aromatic hydroxyl groups is 1. The Morgan fingerprint density at radius 3 is 2.36 bits per heavy atom. The number of phenolic OH excluding ortho intramolecular Hbond substituents is 1. The number of aryl methyl sites for hydroxylation is 1. The quantitative estimate of drug-likeness (QED) is 0.415. The van der Waals surface area contributed by atoms with Gasteiger partial charge in [0.25, 0.3) is 5.91 Å². The number of nitrogens with zero attached hydrogens (tertiary/aromatic N) is 1. The molecule has 36 heavy (non-hydrogen) atoms. The number of rotatable bonds is 10. The SMILES string of the molecule is CCOc1cc(C2C(C(=O)CCc3ccccc3)=C(O)C(=O)N2CCc2ccc(F)cc2)ccc1O. The number of hydrogen-bond donors (Lipinski definition) is 2. The molecule has 0 saturated carbocycles. The number of amides is 1. The number of aliphatic hydroxyl groups is 1. The summed E-state index contributed by atoms with van der Waals surface area (Å²) in [5.74, 6) is -1.73. The molecule has 2 N–H and O–H groups in total. The van der Waals surface area contributed by atoms with Crippen LogP contribution in [0.25, 0.3) is 0 Å². The largest absolute Gasteiger partial charge is 0.504 e. The lowest BCUT2D eigenvalue weighted by Crippen LogP contribution is -2.33. The first-order chi connectivity index (χ1) is 17.4. The monoisotopic (exact) mass is 489 g/mol. The lowest BCUT2D eigenvalue weighted by molar-refractivity contribution is -0.129. The van der Waals surface area contributed by atoms with Crippen molar-refractivity contribution in [2.75, 3.05) is 13.2 Å². The van der Waals surface area contributed by atoms with Gasteiger partial charge in [0.1, 0.15) is 5.82 Å². The smallest absolute Gasteiger partial charge is 0.290 e. The van der Waals surface area contributed by atoms with E-state index in [1.807, 2.05) is 30.3 Å². The predicted octanol–water partition coefficient (Wildman–Crippen LogP) is 5.07. The van der Waals surface area contributed by atoms with E-state index in [1.165, 1.54) is 23.1 Å². The zero-order chi connectivity index (χ0) is 25.7. The minimum Gasteiger partial charge on any atom is -0.504 e.